The first-order valence-corrected chi connectivity index (χ1v) is 19.4. The highest BCUT2D eigenvalue weighted by Gasteiger charge is 2.38. The van der Waals surface area contributed by atoms with Crippen molar-refractivity contribution in [3.05, 3.63) is 162 Å². The van der Waals surface area contributed by atoms with E-state index in [4.69, 9.17) is 0 Å². The van der Waals surface area contributed by atoms with Crippen LogP contribution in [-0.4, -0.2) is 0 Å². The van der Waals surface area contributed by atoms with Crippen molar-refractivity contribution >= 4 is 59.3 Å². The van der Waals surface area contributed by atoms with Gasteiger partial charge in [-0.25, -0.2) is 0 Å². The number of thiophene rings is 1. The predicted octanol–water partition coefficient (Wildman–Crippen LogP) is 14.7. The number of hydrogen-bond acceptors (Lipinski definition) is 2. The lowest BCUT2D eigenvalue weighted by atomic mass is 9.78. The fourth-order valence-electron chi connectivity index (χ4n) is 9.24. The van der Waals surface area contributed by atoms with Gasteiger partial charge in [0.1, 0.15) is 0 Å². The molecule has 0 amide bonds. The minimum Gasteiger partial charge on any atom is -0.310 e. The monoisotopic (exact) mass is 675 g/mol. The van der Waals surface area contributed by atoms with Gasteiger partial charge in [0, 0.05) is 42.5 Å². The molecule has 1 aromatic heterocycles. The first kappa shape index (κ1) is 30.6. The zero-order valence-electron chi connectivity index (χ0n) is 29.3. The van der Waals surface area contributed by atoms with Gasteiger partial charge in [-0.05, 0) is 111 Å². The average molecular weight is 676 g/mol. The van der Waals surface area contributed by atoms with Gasteiger partial charge in [-0.3, -0.25) is 0 Å². The van der Waals surface area contributed by atoms with Crippen molar-refractivity contribution in [3.63, 3.8) is 0 Å². The maximum Gasteiger partial charge on any atom is 0.0546 e. The molecule has 51 heavy (non-hydrogen) atoms. The van der Waals surface area contributed by atoms with Crippen molar-refractivity contribution in [2.45, 2.75) is 57.3 Å². The van der Waals surface area contributed by atoms with Crippen molar-refractivity contribution < 1.29 is 0 Å². The van der Waals surface area contributed by atoms with E-state index in [2.05, 4.69) is 164 Å². The molecule has 1 heterocycles. The van der Waals surface area contributed by atoms with Gasteiger partial charge >= 0.3 is 0 Å². The molecular weight excluding hydrogens is 635 g/mol. The fourth-order valence-corrected chi connectivity index (χ4v) is 10.3. The molecule has 0 radical (unpaired) electrons. The van der Waals surface area contributed by atoms with E-state index in [1.807, 2.05) is 11.3 Å². The number of fused-ring (bicyclic) bond motifs is 7. The molecule has 2 aliphatic rings. The highest BCUT2D eigenvalue weighted by molar-refractivity contribution is 7.25. The zero-order valence-corrected chi connectivity index (χ0v) is 30.1. The lowest BCUT2D eigenvalue weighted by Gasteiger charge is -2.30. The Labute approximate surface area is 304 Å². The van der Waals surface area contributed by atoms with Crippen LogP contribution in [0.15, 0.2) is 146 Å². The van der Waals surface area contributed by atoms with Crippen LogP contribution in [0.4, 0.5) is 17.1 Å². The Bertz CT molecular complexity index is 2600. The Kier molecular flexibility index (Phi) is 7.18. The van der Waals surface area contributed by atoms with Crippen LogP contribution in [0, 0.1) is 0 Å². The van der Waals surface area contributed by atoms with Gasteiger partial charge < -0.3 is 4.90 Å². The van der Waals surface area contributed by atoms with Gasteiger partial charge in [-0.1, -0.05) is 130 Å². The van der Waals surface area contributed by atoms with Crippen LogP contribution in [-0.2, 0) is 5.41 Å². The van der Waals surface area contributed by atoms with Gasteiger partial charge in [0.15, 0.2) is 0 Å². The maximum absolute atomic E-state index is 2.53. The van der Waals surface area contributed by atoms with Gasteiger partial charge in [0.05, 0.1) is 5.69 Å². The summed E-state index contributed by atoms with van der Waals surface area (Å²) in [4.78, 5) is 2.53. The van der Waals surface area contributed by atoms with Crippen molar-refractivity contribution in [1.82, 2.24) is 0 Å². The summed E-state index contributed by atoms with van der Waals surface area (Å²) < 4.78 is 2.65. The second-order valence-electron chi connectivity index (χ2n) is 15.2. The molecule has 1 nitrogen and oxygen atoms in total. The molecule has 2 aliphatic carbocycles. The van der Waals surface area contributed by atoms with Crippen LogP contribution >= 0.6 is 11.3 Å². The van der Waals surface area contributed by atoms with E-state index in [1.165, 1.54) is 113 Å². The average Bonchev–Trinajstić information content (AvgIpc) is 3.67. The lowest BCUT2D eigenvalue weighted by Crippen LogP contribution is -2.17. The Morgan fingerprint density at radius 3 is 2.10 bits per heavy atom. The summed E-state index contributed by atoms with van der Waals surface area (Å²) in [7, 11) is 0. The van der Waals surface area contributed by atoms with Crippen LogP contribution < -0.4 is 4.90 Å². The summed E-state index contributed by atoms with van der Waals surface area (Å²) in [6.07, 6.45) is 6.68. The van der Waals surface area contributed by atoms with E-state index < -0.39 is 0 Å². The van der Waals surface area contributed by atoms with Crippen LogP contribution in [0.25, 0.3) is 53.2 Å². The molecule has 0 aliphatic heterocycles. The molecular formula is C49H41NS. The fraction of sp³-hybridized carbons (Fsp3) is 0.184. The summed E-state index contributed by atoms with van der Waals surface area (Å²) in [5, 5.41) is 5.12. The molecule has 0 atom stereocenters. The van der Waals surface area contributed by atoms with Gasteiger partial charge in [0.2, 0.25) is 0 Å². The molecule has 10 rings (SSSR count). The Balaban J connectivity index is 1.23. The molecule has 8 aromatic rings. The van der Waals surface area contributed by atoms with Gasteiger partial charge in [-0.15, -0.1) is 11.3 Å². The van der Waals surface area contributed by atoms with Gasteiger partial charge in [0.25, 0.3) is 0 Å². The minimum absolute atomic E-state index is 0.101. The summed E-state index contributed by atoms with van der Waals surface area (Å²) >= 11 is 1.88. The van der Waals surface area contributed by atoms with Crippen LogP contribution in [0.3, 0.4) is 0 Å². The van der Waals surface area contributed by atoms with E-state index in [0.29, 0.717) is 5.92 Å². The van der Waals surface area contributed by atoms with E-state index in [0.717, 1.165) is 0 Å². The highest BCUT2D eigenvalue weighted by Crippen LogP contribution is 2.55. The largest absolute Gasteiger partial charge is 0.310 e. The third kappa shape index (κ3) is 4.95. The molecule has 248 valence electrons. The number of benzene rings is 7. The van der Waals surface area contributed by atoms with Crippen LogP contribution in [0.2, 0.25) is 0 Å². The molecule has 0 spiro atoms. The van der Waals surface area contributed by atoms with Crippen LogP contribution in [0.5, 0.6) is 0 Å². The first-order chi connectivity index (χ1) is 25.0. The molecule has 0 unspecified atom stereocenters. The standard InChI is InChI=1S/C49H41NS/c1-49(2)43-22-13-21-38(32-14-5-3-6-15-32)48(43)40-26-24-37(31-44(40)49)50(36-25-27-47-42(30-36)39-20-11-12-23-46(39)51-47)45-29-35-19-10-9-18-34(35)28-41(45)33-16-7-4-8-17-33/h4,7-13,16-32H,3,5-6,14-15H2,1-2H3. The second kappa shape index (κ2) is 12.0. The molecule has 0 N–H and O–H groups in total. The number of nitrogens with zero attached hydrogens (tertiary/aromatic N) is 1. The second-order valence-corrected chi connectivity index (χ2v) is 16.2. The van der Waals surface area contributed by atoms with E-state index in [9.17, 15) is 0 Å². The Hall–Kier alpha value is -5.18. The minimum atomic E-state index is -0.101. The molecule has 0 bridgehead atoms. The maximum atomic E-state index is 2.53. The third-order valence-corrected chi connectivity index (χ3v) is 13.0. The lowest BCUT2D eigenvalue weighted by molar-refractivity contribution is 0.444. The smallest absolute Gasteiger partial charge is 0.0546 e. The van der Waals surface area contributed by atoms with E-state index in [1.54, 1.807) is 5.56 Å². The zero-order chi connectivity index (χ0) is 34.1. The Morgan fingerprint density at radius 1 is 0.549 bits per heavy atom. The molecule has 0 saturated heterocycles. The first-order valence-electron chi connectivity index (χ1n) is 18.6. The van der Waals surface area contributed by atoms with Crippen molar-refractivity contribution in [3.8, 4) is 22.3 Å². The molecule has 2 heteroatoms. The van der Waals surface area contributed by atoms with Crippen molar-refractivity contribution in [2.24, 2.45) is 0 Å². The van der Waals surface area contributed by atoms with E-state index >= 15 is 0 Å². The Morgan fingerprint density at radius 2 is 1.25 bits per heavy atom. The predicted molar refractivity (Wildman–Crippen MR) is 220 cm³/mol. The quantitative estimate of drug-likeness (QED) is 0.175. The molecule has 7 aromatic carbocycles. The summed E-state index contributed by atoms with van der Waals surface area (Å²) in [6, 6.07) is 54.9. The normalized spacial score (nSPS) is 15.3. The summed E-state index contributed by atoms with van der Waals surface area (Å²) in [5.41, 5.74) is 13.3. The van der Waals surface area contributed by atoms with Gasteiger partial charge in [-0.2, -0.15) is 0 Å². The highest BCUT2D eigenvalue weighted by atomic mass is 32.1. The number of hydrogen-bond donors (Lipinski definition) is 0. The van der Waals surface area contributed by atoms with Crippen molar-refractivity contribution in [2.75, 3.05) is 4.90 Å². The van der Waals surface area contributed by atoms with E-state index in [-0.39, 0.29) is 5.41 Å². The topological polar surface area (TPSA) is 3.24 Å². The number of rotatable bonds is 5. The SMILES string of the molecule is CC1(C)c2cc(N(c3ccc4sc5ccccc5c4c3)c3cc4ccccc4cc3-c3ccccc3)ccc2-c2c(C3CCCCC3)cccc21. The summed E-state index contributed by atoms with van der Waals surface area (Å²) in [5.74, 6) is 0.657. The van der Waals surface area contributed by atoms with Crippen molar-refractivity contribution in [1.29, 1.82) is 0 Å². The number of anilines is 3. The third-order valence-electron chi connectivity index (χ3n) is 11.8. The summed E-state index contributed by atoms with van der Waals surface area (Å²) in [6.45, 7) is 4.87. The van der Waals surface area contributed by atoms with Crippen LogP contribution in [0.1, 0.15) is 68.6 Å². The molecule has 1 fully saturated rings. The molecule has 1 saturated carbocycles.